The van der Waals surface area contributed by atoms with Crippen molar-refractivity contribution in [1.29, 1.82) is 0 Å². The van der Waals surface area contributed by atoms with Crippen LogP contribution in [0.3, 0.4) is 0 Å². The zero-order chi connectivity index (χ0) is 10.3. The first kappa shape index (κ1) is 9.72. The summed E-state index contributed by atoms with van der Waals surface area (Å²) in [6.45, 7) is 6.88. The third-order valence-corrected chi connectivity index (χ3v) is 3.28. The lowest BCUT2D eigenvalue weighted by atomic mass is 9.70. The van der Waals surface area contributed by atoms with E-state index in [0.29, 0.717) is 11.3 Å². The van der Waals surface area contributed by atoms with Gasteiger partial charge in [0.15, 0.2) is 0 Å². The second-order valence-electron chi connectivity index (χ2n) is 5.43. The van der Waals surface area contributed by atoms with Crippen LogP contribution < -0.4 is 5.73 Å². The molecule has 0 spiro atoms. The monoisotopic (exact) mass is 189 g/mol. The van der Waals surface area contributed by atoms with Crippen molar-refractivity contribution >= 4 is 0 Å². The lowest BCUT2D eigenvalue weighted by Gasteiger charge is -2.36. The zero-order valence-corrected chi connectivity index (χ0v) is 9.25. The quantitative estimate of drug-likeness (QED) is 0.666. The van der Waals surface area contributed by atoms with Gasteiger partial charge in [0, 0.05) is 6.04 Å². The molecular weight excluding hydrogens is 170 g/mol. The molecule has 1 aliphatic rings. The van der Waals surface area contributed by atoms with E-state index in [-0.39, 0.29) is 6.04 Å². The minimum absolute atomic E-state index is 0.230. The Morgan fingerprint density at radius 2 is 1.86 bits per heavy atom. The van der Waals surface area contributed by atoms with Gasteiger partial charge in [0.25, 0.3) is 0 Å². The fourth-order valence-corrected chi connectivity index (χ4v) is 2.39. The molecule has 0 saturated heterocycles. The number of rotatable bonds is 0. The largest absolute Gasteiger partial charge is 0.324 e. The van der Waals surface area contributed by atoms with Crippen LogP contribution >= 0.6 is 0 Å². The van der Waals surface area contributed by atoms with Crippen LogP contribution in [-0.2, 0) is 0 Å². The van der Waals surface area contributed by atoms with Gasteiger partial charge < -0.3 is 5.73 Å². The topological polar surface area (TPSA) is 26.0 Å². The minimum Gasteiger partial charge on any atom is -0.324 e. The molecule has 2 N–H and O–H groups in total. The molecule has 1 aromatic rings. The Hall–Kier alpha value is -0.820. The summed E-state index contributed by atoms with van der Waals surface area (Å²) in [6, 6.07) is 8.98. The molecule has 2 atom stereocenters. The van der Waals surface area contributed by atoms with E-state index in [1.54, 1.807) is 0 Å². The highest BCUT2D eigenvalue weighted by Crippen LogP contribution is 2.44. The van der Waals surface area contributed by atoms with Gasteiger partial charge in [-0.3, -0.25) is 0 Å². The highest BCUT2D eigenvalue weighted by molar-refractivity contribution is 5.33. The van der Waals surface area contributed by atoms with Gasteiger partial charge in [-0.25, -0.2) is 0 Å². The van der Waals surface area contributed by atoms with E-state index in [9.17, 15) is 0 Å². The molecule has 0 aromatic heterocycles. The van der Waals surface area contributed by atoms with E-state index in [1.165, 1.54) is 11.1 Å². The first-order valence-corrected chi connectivity index (χ1v) is 5.34. The van der Waals surface area contributed by atoms with Crippen LogP contribution in [0.4, 0.5) is 0 Å². The van der Waals surface area contributed by atoms with Crippen LogP contribution in [0.1, 0.15) is 50.3 Å². The molecule has 2 unspecified atom stereocenters. The molecule has 0 aliphatic heterocycles. The normalized spacial score (nSPS) is 26.3. The SMILES string of the molecule is CC(C)(C)C1CC(N)c2cccc1c2. The van der Waals surface area contributed by atoms with Crippen molar-refractivity contribution in [3.8, 4) is 0 Å². The Kier molecular flexibility index (Phi) is 2.15. The van der Waals surface area contributed by atoms with E-state index in [0.717, 1.165) is 6.42 Å². The van der Waals surface area contributed by atoms with Gasteiger partial charge in [0.2, 0.25) is 0 Å². The molecule has 14 heavy (non-hydrogen) atoms. The van der Waals surface area contributed by atoms with Crippen LogP contribution in [0, 0.1) is 5.41 Å². The van der Waals surface area contributed by atoms with Gasteiger partial charge >= 0.3 is 0 Å². The third-order valence-electron chi connectivity index (χ3n) is 3.28. The maximum Gasteiger partial charge on any atom is 0.0300 e. The smallest absolute Gasteiger partial charge is 0.0300 e. The average molecular weight is 189 g/mol. The molecule has 1 aromatic carbocycles. The first-order valence-electron chi connectivity index (χ1n) is 5.34. The predicted octanol–water partition coefficient (Wildman–Crippen LogP) is 3.22. The highest BCUT2D eigenvalue weighted by Gasteiger charge is 2.31. The summed E-state index contributed by atoms with van der Waals surface area (Å²) in [7, 11) is 0. The maximum atomic E-state index is 6.13. The Morgan fingerprint density at radius 3 is 2.50 bits per heavy atom. The first-order chi connectivity index (χ1) is 6.48. The molecule has 2 bridgehead atoms. The van der Waals surface area contributed by atoms with E-state index >= 15 is 0 Å². The summed E-state index contributed by atoms with van der Waals surface area (Å²) in [6.07, 6.45) is 1.09. The van der Waals surface area contributed by atoms with E-state index < -0.39 is 0 Å². The molecule has 1 aliphatic carbocycles. The fraction of sp³-hybridized carbons (Fsp3) is 0.538. The van der Waals surface area contributed by atoms with E-state index in [1.807, 2.05) is 0 Å². The van der Waals surface area contributed by atoms with Crippen LogP contribution in [0.15, 0.2) is 24.3 Å². The fourth-order valence-electron chi connectivity index (χ4n) is 2.39. The lowest BCUT2D eigenvalue weighted by molar-refractivity contribution is 0.284. The van der Waals surface area contributed by atoms with Gasteiger partial charge in [-0.15, -0.1) is 0 Å². The van der Waals surface area contributed by atoms with Crippen molar-refractivity contribution in [2.45, 2.75) is 39.2 Å². The molecule has 0 fully saturated rings. The molecule has 2 rings (SSSR count). The van der Waals surface area contributed by atoms with Gasteiger partial charge in [-0.1, -0.05) is 45.0 Å². The number of nitrogens with two attached hydrogens (primary N) is 1. The second kappa shape index (κ2) is 3.09. The third kappa shape index (κ3) is 1.57. The van der Waals surface area contributed by atoms with Crippen molar-refractivity contribution in [2.75, 3.05) is 0 Å². The number of fused-ring (bicyclic) bond motifs is 2. The van der Waals surface area contributed by atoms with Crippen LogP contribution in [0.2, 0.25) is 0 Å². The van der Waals surface area contributed by atoms with Crippen molar-refractivity contribution in [3.63, 3.8) is 0 Å². The van der Waals surface area contributed by atoms with E-state index in [2.05, 4.69) is 45.0 Å². The van der Waals surface area contributed by atoms with Crippen LogP contribution in [-0.4, -0.2) is 0 Å². The van der Waals surface area contributed by atoms with Gasteiger partial charge in [0.1, 0.15) is 0 Å². The van der Waals surface area contributed by atoms with Gasteiger partial charge in [0.05, 0.1) is 0 Å². The Labute approximate surface area is 86.3 Å². The van der Waals surface area contributed by atoms with Crippen molar-refractivity contribution in [1.82, 2.24) is 0 Å². The minimum atomic E-state index is 0.230. The van der Waals surface area contributed by atoms with Crippen molar-refractivity contribution in [2.24, 2.45) is 11.1 Å². The number of benzene rings is 1. The summed E-state index contributed by atoms with van der Waals surface area (Å²) < 4.78 is 0. The summed E-state index contributed by atoms with van der Waals surface area (Å²) in [4.78, 5) is 0. The number of hydrogen-bond acceptors (Lipinski definition) is 1. The second-order valence-corrected chi connectivity index (χ2v) is 5.43. The summed E-state index contributed by atoms with van der Waals surface area (Å²) in [5.74, 6) is 0.603. The maximum absolute atomic E-state index is 6.13. The predicted molar refractivity (Wildman–Crippen MR) is 60.2 cm³/mol. The molecular formula is C13H19N. The number of hydrogen-bond donors (Lipinski definition) is 1. The van der Waals surface area contributed by atoms with E-state index in [4.69, 9.17) is 5.73 Å². The zero-order valence-electron chi connectivity index (χ0n) is 9.25. The average Bonchev–Trinajstić information content (AvgIpc) is 2.10. The molecule has 1 heteroatoms. The summed E-state index contributed by atoms with van der Waals surface area (Å²) >= 11 is 0. The van der Waals surface area contributed by atoms with Gasteiger partial charge in [-0.2, -0.15) is 0 Å². The van der Waals surface area contributed by atoms with Crippen molar-refractivity contribution < 1.29 is 0 Å². The van der Waals surface area contributed by atoms with Crippen LogP contribution in [0.5, 0.6) is 0 Å². The summed E-state index contributed by atoms with van der Waals surface area (Å²) in [5.41, 5.74) is 9.19. The Morgan fingerprint density at radius 1 is 1.21 bits per heavy atom. The Bertz CT molecular complexity index is 335. The van der Waals surface area contributed by atoms with Crippen molar-refractivity contribution in [3.05, 3.63) is 35.4 Å². The molecule has 0 radical (unpaired) electrons. The molecule has 76 valence electrons. The Balaban J connectivity index is 2.43. The van der Waals surface area contributed by atoms with Crippen LogP contribution in [0.25, 0.3) is 0 Å². The highest BCUT2D eigenvalue weighted by atomic mass is 14.6. The molecule has 0 heterocycles. The molecule has 0 saturated carbocycles. The standard InChI is InChI=1S/C13H19N/c1-13(2,3)11-8-12(14)10-6-4-5-9(11)7-10/h4-7,11-12H,8,14H2,1-3H3. The summed E-state index contributed by atoms with van der Waals surface area (Å²) in [5, 5.41) is 0. The van der Waals surface area contributed by atoms with Gasteiger partial charge in [-0.05, 0) is 28.9 Å². The lowest BCUT2D eigenvalue weighted by Crippen LogP contribution is -2.27. The molecule has 1 nitrogen and oxygen atoms in total. The molecule has 0 amide bonds.